The van der Waals surface area contributed by atoms with E-state index in [0.29, 0.717) is 0 Å². The minimum atomic E-state index is -0.520. The highest BCUT2D eigenvalue weighted by Gasteiger charge is 2.47. The molecular weight excluding hydrogens is 843 g/mol. The topological polar surface area (TPSA) is 16.4 Å². The number of furan rings is 1. The number of benzene rings is 11. The molecule has 0 atom stereocenters. The van der Waals surface area contributed by atoms with Crippen LogP contribution in [0.3, 0.4) is 0 Å². The zero-order valence-electron chi connectivity index (χ0n) is 36.9. The molecule has 3 heteroatoms. The summed E-state index contributed by atoms with van der Waals surface area (Å²) >= 11 is 1.91. The molecular formula is C65H41NOS. The Morgan fingerprint density at radius 2 is 0.926 bits per heavy atom. The second kappa shape index (κ2) is 15.3. The molecule has 2 aromatic heterocycles. The second-order valence-corrected chi connectivity index (χ2v) is 18.9. The first-order chi connectivity index (χ1) is 33.7. The van der Waals surface area contributed by atoms with Crippen LogP contribution in [0.1, 0.15) is 22.3 Å². The molecule has 0 radical (unpaired) electrons. The maximum absolute atomic E-state index is 6.21. The van der Waals surface area contributed by atoms with Gasteiger partial charge < -0.3 is 9.32 Å². The van der Waals surface area contributed by atoms with Crippen LogP contribution in [0.5, 0.6) is 0 Å². The Kier molecular flexibility index (Phi) is 8.71. The number of para-hydroxylation sites is 1. The minimum absolute atomic E-state index is 0.520. The van der Waals surface area contributed by atoms with Crippen molar-refractivity contribution in [3.63, 3.8) is 0 Å². The highest BCUT2D eigenvalue weighted by atomic mass is 32.1. The summed E-state index contributed by atoms with van der Waals surface area (Å²) in [4.78, 5) is 2.47. The SMILES string of the molecule is c1ccc(C2(c3ccccc3)c3ccccc3-c3c(N(c4ccc(-c5ccc6oc7ccccc7c6c5)cc4)c4ccc(-c5cccc6c5sc5c7ccccc7ccc65)cc4)cccc32)cc1. The van der Waals surface area contributed by atoms with Crippen molar-refractivity contribution < 1.29 is 4.42 Å². The number of anilines is 3. The Balaban J connectivity index is 0.957. The number of nitrogens with zero attached hydrogens (tertiary/aromatic N) is 1. The standard InChI is InChI=1S/C65H41NOS/c1-3-16-46(17-4-1)65(47-18-5-2-6-19-47)57-25-11-9-22-55(57)62-58(65)26-14-27-59(62)66(48-35-29-42(30-36-48)45-34-40-61-56(41-45)52-21-10-12-28-60(52)67-61)49-37-31-44(32-38-49)51-23-13-24-53-54-39-33-43-15-7-8-20-50(43)64(54)68-63(51)53/h1-41H. The van der Waals surface area contributed by atoms with Crippen molar-refractivity contribution >= 4 is 81.3 Å². The third-order valence-corrected chi connectivity index (χ3v) is 15.7. The molecule has 14 rings (SSSR count). The summed E-state index contributed by atoms with van der Waals surface area (Å²) in [6, 6.07) is 91.3. The van der Waals surface area contributed by atoms with Crippen molar-refractivity contribution in [1.29, 1.82) is 0 Å². The molecule has 0 spiro atoms. The Morgan fingerprint density at radius 3 is 1.71 bits per heavy atom. The largest absolute Gasteiger partial charge is 0.456 e. The van der Waals surface area contributed by atoms with E-state index in [0.717, 1.165) is 50.1 Å². The average Bonchev–Trinajstić information content (AvgIpc) is 4.09. The van der Waals surface area contributed by atoms with Crippen LogP contribution in [-0.4, -0.2) is 0 Å². The Bertz CT molecular complexity index is 4030. The maximum atomic E-state index is 6.21. The number of hydrogen-bond donors (Lipinski definition) is 0. The summed E-state index contributed by atoms with van der Waals surface area (Å²) in [5.74, 6) is 0. The summed E-state index contributed by atoms with van der Waals surface area (Å²) in [5, 5.41) is 7.46. The number of fused-ring (bicyclic) bond motifs is 11. The van der Waals surface area contributed by atoms with Crippen molar-refractivity contribution in [3.05, 3.63) is 271 Å². The Morgan fingerprint density at radius 1 is 0.353 bits per heavy atom. The van der Waals surface area contributed by atoms with Gasteiger partial charge in [-0.15, -0.1) is 11.3 Å². The molecule has 0 bridgehead atoms. The van der Waals surface area contributed by atoms with Crippen molar-refractivity contribution in [2.24, 2.45) is 0 Å². The summed E-state index contributed by atoms with van der Waals surface area (Å²) in [6.07, 6.45) is 0. The van der Waals surface area contributed by atoms with Gasteiger partial charge in [-0.1, -0.05) is 200 Å². The molecule has 0 aliphatic heterocycles. The van der Waals surface area contributed by atoms with Crippen molar-refractivity contribution in [2.45, 2.75) is 5.41 Å². The van der Waals surface area contributed by atoms with Gasteiger partial charge in [-0.3, -0.25) is 0 Å². The monoisotopic (exact) mass is 883 g/mol. The fourth-order valence-corrected chi connectivity index (χ4v) is 12.7. The van der Waals surface area contributed by atoms with E-state index >= 15 is 0 Å². The van der Waals surface area contributed by atoms with Crippen LogP contribution in [0.25, 0.3) is 86.3 Å². The van der Waals surface area contributed by atoms with E-state index in [1.165, 1.54) is 75.5 Å². The third-order valence-electron chi connectivity index (χ3n) is 14.4. The van der Waals surface area contributed by atoms with E-state index < -0.39 is 5.41 Å². The lowest BCUT2D eigenvalue weighted by Crippen LogP contribution is -2.28. The summed E-state index contributed by atoms with van der Waals surface area (Å²) in [7, 11) is 0. The Labute approximate surface area is 398 Å². The number of rotatable bonds is 7. The Hall–Kier alpha value is -8.50. The molecule has 0 N–H and O–H groups in total. The molecule has 0 saturated carbocycles. The van der Waals surface area contributed by atoms with Gasteiger partial charge in [0.1, 0.15) is 11.2 Å². The van der Waals surface area contributed by atoms with E-state index in [1.54, 1.807) is 0 Å². The summed E-state index contributed by atoms with van der Waals surface area (Å²) in [6.45, 7) is 0. The van der Waals surface area contributed by atoms with Gasteiger partial charge in [-0.05, 0) is 109 Å². The summed E-state index contributed by atoms with van der Waals surface area (Å²) < 4.78 is 8.86. The molecule has 0 fully saturated rings. The van der Waals surface area contributed by atoms with Gasteiger partial charge in [0.15, 0.2) is 0 Å². The lowest BCUT2D eigenvalue weighted by Gasteiger charge is -2.34. The van der Waals surface area contributed by atoms with Crippen molar-refractivity contribution in [2.75, 3.05) is 4.90 Å². The fourth-order valence-electron chi connectivity index (χ4n) is 11.3. The van der Waals surface area contributed by atoms with Gasteiger partial charge in [0.2, 0.25) is 0 Å². The van der Waals surface area contributed by atoms with E-state index in [-0.39, 0.29) is 0 Å². The molecule has 11 aromatic carbocycles. The van der Waals surface area contributed by atoms with Gasteiger partial charge in [0, 0.05) is 47.9 Å². The average molecular weight is 884 g/mol. The molecule has 0 amide bonds. The molecule has 2 nitrogen and oxygen atoms in total. The molecule has 13 aromatic rings. The first-order valence-electron chi connectivity index (χ1n) is 23.3. The van der Waals surface area contributed by atoms with Crippen LogP contribution in [-0.2, 0) is 5.41 Å². The van der Waals surface area contributed by atoms with Crippen molar-refractivity contribution in [3.8, 4) is 33.4 Å². The number of hydrogen-bond acceptors (Lipinski definition) is 3. The van der Waals surface area contributed by atoms with Gasteiger partial charge in [-0.25, -0.2) is 0 Å². The smallest absolute Gasteiger partial charge is 0.135 e. The minimum Gasteiger partial charge on any atom is -0.456 e. The molecule has 68 heavy (non-hydrogen) atoms. The van der Waals surface area contributed by atoms with Crippen LogP contribution < -0.4 is 4.90 Å². The maximum Gasteiger partial charge on any atom is 0.135 e. The van der Waals surface area contributed by atoms with Crippen LogP contribution in [0.4, 0.5) is 17.1 Å². The molecule has 0 unspecified atom stereocenters. The van der Waals surface area contributed by atoms with Gasteiger partial charge in [-0.2, -0.15) is 0 Å². The van der Waals surface area contributed by atoms with Crippen LogP contribution >= 0.6 is 11.3 Å². The lowest BCUT2D eigenvalue weighted by atomic mass is 9.68. The summed E-state index contributed by atoms with van der Waals surface area (Å²) in [5.41, 5.74) is 16.9. The molecule has 0 saturated heterocycles. The third kappa shape index (κ3) is 5.76. The highest BCUT2D eigenvalue weighted by Crippen LogP contribution is 2.59. The first kappa shape index (κ1) is 38.7. The van der Waals surface area contributed by atoms with E-state index in [4.69, 9.17) is 4.42 Å². The second-order valence-electron chi connectivity index (χ2n) is 17.9. The zero-order valence-corrected chi connectivity index (χ0v) is 37.8. The van der Waals surface area contributed by atoms with Crippen LogP contribution in [0, 0.1) is 0 Å². The zero-order chi connectivity index (χ0) is 44.8. The predicted octanol–water partition coefficient (Wildman–Crippen LogP) is 18.3. The molecule has 1 aliphatic carbocycles. The van der Waals surface area contributed by atoms with Gasteiger partial charge in [0.25, 0.3) is 0 Å². The van der Waals surface area contributed by atoms with Crippen LogP contribution in [0.2, 0.25) is 0 Å². The lowest BCUT2D eigenvalue weighted by molar-refractivity contribution is 0.669. The fraction of sp³-hybridized carbons (Fsp3) is 0.0154. The first-order valence-corrected chi connectivity index (χ1v) is 24.1. The molecule has 1 aliphatic rings. The number of thiophene rings is 1. The van der Waals surface area contributed by atoms with E-state index in [9.17, 15) is 0 Å². The quantitative estimate of drug-likeness (QED) is 0.159. The van der Waals surface area contributed by atoms with Crippen molar-refractivity contribution in [1.82, 2.24) is 0 Å². The van der Waals surface area contributed by atoms with Gasteiger partial charge >= 0.3 is 0 Å². The highest BCUT2D eigenvalue weighted by molar-refractivity contribution is 7.27. The molecule has 318 valence electrons. The normalized spacial score (nSPS) is 12.8. The predicted molar refractivity (Wildman–Crippen MR) is 287 cm³/mol. The van der Waals surface area contributed by atoms with E-state index in [2.05, 4.69) is 241 Å². The van der Waals surface area contributed by atoms with Crippen LogP contribution in [0.15, 0.2) is 253 Å². The molecule has 2 heterocycles. The van der Waals surface area contributed by atoms with Gasteiger partial charge in [0.05, 0.1) is 11.1 Å². The van der Waals surface area contributed by atoms with E-state index in [1.807, 2.05) is 23.5 Å².